The molecule has 0 saturated heterocycles. The van der Waals surface area contributed by atoms with Crippen molar-refractivity contribution in [1.82, 2.24) is 10.2 Å². The highest BCUT2D eigenvalue weighted by atomic mass is 16.5. The maximum atomic E-state index is 12.2. The number of hydrogen-bond donors (Lipinski definition) is 1. The third-order valence-corrected chi connectivity index (χ3v) is 2.79. The Bertz CT molecular complexity index is 252. The second kappa shape index (κ2) is 9.28. The molecular weight excluding hydrogens is 244 g/mol. The van der Waals surface area contributed by atoms with Gasteiger partial charge < -0.3 is 19.7 Å². The van der Waals surface area contributed by atoms with Crippen molar-refractivity contribution < 1.29 is 14.3 Å². The highest BCUT2D eigenvalue weighted by Gasteiger charge is 2.20. The molecule has 5 heteroatoms. The first-order valence-electron chi connectivity index (χ1n) is 6.84. The summed E-state index contributed by atoms with van der Waals surface area (Å²) in [6, 6.07) is 0.0716. The molecule has 0 aliphatic rings. The van der Waals surface area contributed by atoms with Gasteiger partial charge in [-0.05, 0) is 27.7 Å². The van der Waals surface area contributed by atoms with E-state index in [1.807, 2.05) is 11.8 Å². The van der Waals surface area contributed by atoms with Crippen LogP contribution in [0.2, 0.25) is 0 Å². The first kappa shape index (κ1) is 18.4. The van der Waals surface area contributed by atoms with Crippen LogP contribution in [0.5, 0.6) is 0 Å². The van der Waals surface area contributed by atoms with Crippen molar-refractivity contribution in [2.45, 2.75) is 45.7 Å². The SMILES string of the molecule is COCCN(C(=O)CCNC(C)(C)C)C(C)COC. The average Bonchev–Trinajstić information content (AvgIpc) is 2.28. The van der Waals surface area contributed by atoms with Gasteiger partial charge in [0.2, 0.25) is 5.91 Å². The Morgan fingerprint density at radius 1 is 1.26 bits per heavy atom. The Labute approximate surface area is 117 Å². The molecule has 0 aromatic heterocycles. The fraction of sp³-hybridized carbons (Fsp3) is 0.929. The molecule has 0 aromatic carbocycles. The zero-order chi connectivity index (χ0) is 14.9. The van der Waals surface area contributed by atoms with Crippen LogP contribution in [0.4, 0.5) is 0 Å². The summed E-state index contributed by atoms with van der Waals surface area (Å²) in [5.74, 6) is 0.137. The number of amides is 1. The summed E-state index contributed by atoms with van der Waals surface area (Å²) < 4.78 is 10.2. The maximum Gasteiger partial charge on any atom is 0.224 e. The number of ether oxygens (including phenoxy) is 2. The Morgan fingerprint density at radius 3 is 2.37 bits per heavy atom. The predicted octanol–water partition coefficient (Wildman–Crippen LogP) is 1.27. The molecule has 0 radical (unpaired) electrons. The smallest absolute Gasteiger partial charge is 0.224 e. The van der Waals surface area contributed by atoms with Crippen molar-refractivity contribution in [3.8, 4) is 0 Å². The molecular formula is C14H30N2O3. The largest absolute Gasteiger partial charge is 0.383 e. The lowest BCUT2D eigenvalue weighted by Crippen LogP contribution is -2.45. The zero-order valence-corrected chi connectivity index (χ0v) is 13.3. The maximum absolute atomic E-state index is 12.2. The van der Waals surface area contributed by atoms with Gasteiger partial charge in [0.15, 0.2) is 0 Å². The lowest BCUT2D eigenvalue weighted by atomic mass is 10.1. The number of nitrogens with zero attached hydrogens (tertiary/aromatic N) is 1. The molecule has 0 fully saturated rings. The van der Waals surface area contributed by atoms with Gasteiger partial charge in [-0.3, -0.25) is 4.79 Å². The van der Waals surface area contributed by atoms with Crippen LogP contribution in [0.15, 0.2) is 0 Å². The molecule has 5 nitrogen and oxygen atoms in total. The van der Waals surface area contributed by atoms with Crippen LogP contribution in [0.1, 0.15) is 34.1 Å². The van der Waals surface area contributed by atoms with Gasteiger partial charge in [0.05, 0.1) is 19.3 Å². The van der Waals surface area contributed by atoms with Crippen LogP contribution in [-0.4, -0.2) is 62.9 Å². The topological polar surface area (TPSA) is 50.8 Å². The van der Waals surface area contributed by atoms with E-state index in [-0.39, 0.29) is 17.5 Å². The monoisotopic (exact) mass is 274 g/mol. The van der Waals surface area contributed by atoms with Crippen molar-refractivity contribution >= 4 is 5.91 Å². The first-order chi connectivity index (χ1) is 8.81. The molecule has 0 bridgehead atoms. The van der Waals surface area contributed by atoms with Gasteiger partial charge in [-0.2, -0.15) is 0 Å². The lowest BCUT2D eigenvalue weighted by Gasteiger charge is -2.29. The van der Waals surface area contributed by atoms with Crippen molar-refractivity contribution in [3.63, 3.8) is 0 Å². The van der Waals surface area contributed by atoms with Gasteiger partial charge >= 0.3 is 0 Å². The number of hydrogen-bond acceptors (Lipinski definition) is 4. The molecule has 1 amide bonds. The van der Waals surface area contributed by atoms with E-state index in [0.717, 1.165) is 0 Å². The molecule has 1 atom stereocenters. The van der Waals surface area contributed by atoms with E-state index < -0.39 is 0 Å². The second-order valence-electron chi connectivity index (χ2n) is 5.81. The second-order valence-corrected chi connectivity index (χ2v) is 5.81. The van der Waals surface area contributed by atoms with Gasteiger partial charge in [-0.25, -0.2) is 0 Å². The molecule has 0 saturated carbocycles. The zero-order valence-electron chi connectivity index (χ0n) is 13.3. The van der Waals surface area contributed by atoms with Gasteiger partial charge in [-0.15, -0.1) is 0 Å². The van der Waals surface area contributed by atoms with Gasteiger partial charge in [-0.1, -0.05) is 0 Å². The summed E-state index contributed by atoms with van der Waals surface area (Å²) >= 11 is 0. The van der Waals surface area contributed by atoms with E-state index in [2.05, 4.69) is 26.1 Å². The molecule has 1 unspecified atom stereocenters. The Kier molecular flexibility index (Phi) is 8.97. The summed E-state index contributed by atoms with van der Waals surface area (Å²) in [6.45, 7) is 10.7. The minimum absolute atomic E-state index is 0.0375. The predicted molar refractivity (Wildman–Crippen MR) is 77.3 cm³/mol. The van der Waals surface area contributed by atoms with Crippen LogP contribution >= 0.6 is 0 Å². The van der Waals surface area contributed by atoms with Crippen LogP contribution in [-0.2, 0) is 14.3 Å². The Balaban J connectivity index is 4.29. The summed E-state index contributed by atoms with van der Waals surface area (Å²) in [5, 5.41) is 3.32. The van der Waals surface area contributed by atoms with Crippen molar-refractivity contribution in [2.75, 3.05) is 40.5 Å². The van der Waals surface area contributed by atoms with Crippen LogP contribution in [0.25, 0.3) is 0 Å². The highest BCUT2D eigenvalue weighted by molar-refractivity contribution is 5.76. The van der Waals surface area contributed by atoms with Crippen LogP contribution in [0.3, 0.4) is 0 Å². The summed E-state index contributed by atoms with van der Waals surface area (Å²) in [4.78, 5) is 14.1. The molecule has 0 aromatic rings. The van der Waals surface area contributed by atoms with Gasteiger partial charge in [0, 0.05) is 39.3 Å². The normalized spacial score (nSPS) is 13.4. The standard InChI is InChI=1S/C14H30N2O3/c1-12(11-19-6)16(9-10-18-5)13(17)7-8-15-14(2,3)4/h12,15H,7-11H2,1-6H3. The summed E-state index contributed by atoms with van der Waals surface area (Å²) in [7, 11) is 3.29. The Morgan fingerprint density at radius 2 is 1.89 bits per heavy atom. The first-order valence-corrected chi connectivity index (χ1v) is 6.84. The van der Waals surface area contributed by atoms with E-state index in [9.17, 15) is 4.79 Å². The number of rotatable bonds is 9. The molecule has 19 heavy (non-hydrogen) atoms. The molecule has 0 aliphatic heterocycles. The lowest BCUT2D eigenvalue weighted by molar-refractivity contribution is -0.135. The Hall–Kier alpha value is -0.650. The number of carbonyl (C=O) groups is 1. The van der Waals surface area contributed by atoms with E-state index >= 15 is 0 Å². The number of methoxy groups -OCH3 is 2. The molecule has 0 rings (SSSR count). The highest BCUT2D eigenvalue weighted by Crippen LogP contribution is 2.04. The van der Waals surface area contributed by atoms with E-state index in [0.29, 0.717) is 32.7 Å². The summed E-state index contributed by atoms with van der Waals surface area (Å²) in [6.07, 6.45) is 0.495. The summed E-state index contributed by atoms with van der Waals surface area (Å²) in [5.41, 5.74) is 0.0375. The van der Waals surface area contributed by atoms with E-state index in [1.165, 1.54) is 0 Å². The molecule has 0 spiro atoms. The quantitative estimate of drug-likeness (QED) is 0.688. The van der Waals surface area contributed by atoms with Crippen molar-refractivity contribution in [2.24, 2.45) is 0 Å². The van der Waals surface area contributed by atoms with E-state index in [1.54, 1.807) is 14.2 Å². The molecule has 0 aliphatic carbocycles. The van der Waals surface area contributed by atoms with Gasteiger partial charge in [0.1, 0.15) is 0 Å². The third-order valence-electron chi connectivity index (χ3n) is 2.79. The average molecular weight is 274 g/mol. The van der Waals surface area contributed by atoms with Crippen molar-refractivity contribution in [3.05, 3.63) is 0 Å². The minimum Gasteiger partial charge on any atom is -0.383 e. The molecule has 114 valence electrons. The minimum atomic E-state index is 0.0375. The van der Waals surface area contributed by atoms with Gasteiger partial charge in [0.25, 0.3) is 0 Å². The fourth-order valence-electron chi connectivity index (χ4n) is 1.80. The van der Waals surface area contributed by atoms with E-state index in [4.69, 9.17) is 9.47 Å². The van der Waals surface area contributed by atoms with Crippen LogP contribution < -0.4 is 5.32 Å². The molecule has 1 N–H and O–H groups in total. The molecule has 0 heterocycles. The number of carbonyl (C=O) groups excluding carboxylic acids is 1. The fourth-order valence-corrected chi connectivity index (χ4v) is 1.80. The number of nitrogens with one attached hydrogen (secondary N) is 1. The van der Waals surface area contributed by atoms with Crippen LogP contribution in [0, 0.1) is 0 Å². The van der Waals surface area contributed by atoms with Crippen molar-refractivity contribution in [1.29, 1.82) is 0 Å². The third kappa shape index (κ3) is 8.97.